The minimum absolute atomic E-state index is 0.170. The van der Waals surface area contributed by atoms with Crippen molar-refractivity contribution in [3.8, 4) is 5.69 Å². The molecule has 0 saturated heterocycles. The molecule has 0 fully saturated rings. The Morgan fingerprint density at radius 1 is 0.919 bits per heavy atom. The van der Waals surface area contributed by atoms with E-state index in [0.717, 1.165) is 22.6 Å². The van der Waals surface area contributed by atoms with Gasteiger partial charge in [-0.3, -0.25) is 24.6 Å². The number of fused-ring (bicyclic) bond motifs is 3. The van der Waals surface area contributed by atoms with Gasteiger partial charge in [0.05, 0.1) is 22.0 Å². The van der Waals surface area contributed by atoms with Crippen LogP contribution in [0.3, 0.4) is 0 Å². The van der Waals surface area contributed by atoms with Crippen LogP contribution in [-0.2, 0) is 4.79 Å². The molecule has 1 aliphatic rings. The lowest BCUT2D eigenvalue weighted by molar-refractivity contribution is -0.384. The number of non-ortho nitro benzene ring substituents is 1. The average molecular weight is 495 g/mol. The third-order valence-corrected chi connectivity index (χ3v) is 6.60. The number of amides is 2. The van der Waals surface area contributed by atoms with Gasteiger partial charge in [-0.15, -0.1) is 0 Å². The zero-order valence-electron chi connectivity index (χ0n) is 20.5. The fourth-order valence-electron chi connectivity index (χ4n) is 4.84. The number of nitro groups is 1. The second-order valence-corrected chi connectivity index (χ2v) is 9.20. The van der Waals surface area contributed by atoms with E-state index in [1.807, 2.05) is 86.8 Å². The first-order chi connectivity index (χ1) is 17.9. The fraction of sp³-hybridized carbons (Fsp3) is 0.172. The molecular weight excluding hydrogens is 468 g/mol. The number of carbonyl (C=O) groups is 2. The SMILES string of the molecule is CC(C)N(CC(=O)N1c2ccccc2-n2cccc2C1c1ccccc1)C(=O)c1cccc([N+](=O)[O-])c1. The number of carbonyl (C=O) groups excluding carboxylic acids is 2. The van der Waals surface area contributed by atoms with Gasteiger partial charge in [-0.1, -0.05) is 48.5 Å². The van der Waals surface area contributed by atoms with Gasteiger partial charge in [0, 0.05) is 29.9 Å². The molecule has 2 amide bonds. The summed E-state index contributed by atoms with van der Waals surface area (Å²) in [6.45, 7) is 3.47. The van der Waals surface area contributed by atoms with Crippen molar-refractivity contribution >= 4 is 23.2 Å². The third kappa shape index (κ3) is 4.38. The van der Waals surface area contributed by atoms with Crippen LogP contribution in [0.1, 0.15) is 41.5 Å². The molecule has 0 aliphatic carbocycles. The summed E-state index contributed by atoms with van der Waals surface area (Å²) in [5.74, 6) is -0.682. The van der Waals surface area contributed by atoms with Gasteiger partial charge >= 0.3 is 0 Å². The van der Waals surface area contributed by atoms with E-state index >= 15 is 0 Å². The van der Waals surface area contributed by atoms with Crippen LogP contribution < -0.4 is 4.90 Å². The number of aromatic nitrogens is 1. The lowest BCUT2D eigenvalue weighted by Gasteiger charge is -2.40. The van der Waals surface area contributed by atoms with E-state index in [-0.39, 0.29) is 35.8 Å². The summed E-state index contributed by atoms with van der Waals surface area (Å²) in [4.78, 5) is 41.5. The Balaban J connectivity index is 1.55. The largest absolute Gasteiger partial charge is 0.327 e. The van der Waals surface area contributed by atoms with E-state index in [1.54, 1.807) is 4.90 Å². The van der Waals surface area contributed by atoms with Crippen molar-refractivity contribution in [2.75, 3.05) is 11.4 Å². The first-order valence-corrected chi connectivity index (χ1v) is 12.1. The Morgan fingerprint density at radius 2 is 1.62 bits per heavy atom. The highest BCUT2D eigenvalue weighted by Crippen LogP contribution is 2.42. The normalized spacial score (nSPS) is 14.1. The number of rotatable bonds is 6. The van der Waals surface area contributed by atoms with Crippen molar-refractivity contribution in [2.45, 2.75) is 25.9 Å². The van der Waals surface area contributed by atoms with E-state index in [1.165, 1.54) is 29.2 Å². The topological polar surface area (TPSA) is 88.7 Å². The highest BCUT2D eigenvalue weighted by molar-refractivity contribution is 6.03. The molecule has 1 aromatic heterocycles. The third-order valence-electron chi connectivity index (χ3n) is 6.60. The average Bonchev–Trinajstić information content (AvgIpc) is 3.41. The van der Waals surface area contributed by atoms with Crippen molar-refractivity contribution < 1.29 is 14.5 Å². The molecule has 3 aromatic carbocycles. The Morgan fingerprint density at radius 3 is 2.32 bits per heavy atom. The van der Waals surface area contributed by atoms with Gasteiger partial charge in [-0.2, -0.15) is 0 Å². The Kier molecular flexibility index (Phi) is 6.31. The molecular formula is C29H26N4O4. The number of anilines is 1. The molecule has 2 heterocycles. The molecule has 8 nitrogen and oxygen atoms in total. The number of hydrogen-bond donors (Lipinski definition) is 0. The maximum absolute atomic E-state index is 14.1. The highest BCUT2D eigenvalue weighted by atomic mass is 16.6. The summed E-state index contributed by atoms with van der Waals surface area (Å²) in [7, 11) is 0. The lowest BCUT2D eigenvalue weighted by Crippen LogP contribution is -2.48. The van der Waals surface area contributed by atoms with Crippen LogP contribution in [-0.4, -0.2) is 38.8 Å². The molecule has 1 atom stereocenters. The number of nitrogens with zero attached hydrogens (tertiary/aromatic N) is 4. The predicted molar refractivity (Wildman–Crippen MR) is 141 cm³/mol. The van der Waals surface area contributed by atoms with Gasteiger partial charge in [0.25, 0.3) is 11.6 Å². The Labute approximate surface area is 214 Å². The second-order valence-electron chi connectivity index (χ2n) is 9.20. The van der Waals surface area contributed by atoms with Gasteiger partial charge < -0.3 is 9.47 Å². The lowest BCUT2D eigenvalue weighted by atomic mass is 9.97. The van der Waals surface area contributed by atoms with Crippen molar-refractivity contribution in [3.63, 3.8) is 0 Å². The molecule has 5 rings (SSSR count). The van der Waals surface area contributed by atoms with Crippen LogP contribution in [0.2, 0.25) is 0 Å². The van der Waals surface area contributed by atoms with Crippen LogP contribution in [0.25, 0.3) is 5.69 Å². The van der Waals surface area contributed by atoms with Gasteiger partial charge in [-0.25, -0.2) is 0 Å². The smallest absolute Gasteiger partial charge is 0.270 e. The molecule has 1 aliphatic heterocycles. The van der Waals surface area contributed by atoms with Crippen LogP contribution in [0.15, 0.2) is 97.2 Å². The monoisotopic (exact) mass is 494 g/mol. The van der Waals surface area contributed by atoms with Crippen LogP contribution >= 0.6 is 0 Å². The summed E-state index contributed by atoms with van der Waals surface area (Å²) >= 11 is 0. The van der Waals surface area contributed by atoms with Crippen LogP contribution in [0.4, 0.5) is 11.4 Å². The van der Waals surface area contributed by atoms with Gasteiger partial charge in [0.1, 0.15) is 12.6 Å². The maximum atomic E-state index is 14.1. The Hall–Kier alpha value is -4.72. The zero-order valence-corrected chi connectivity index (χ0v) is 20.5. The van der Waals surface area contributed by atoms with E-state index < -0.39 is 10.8 Å². The minimum atomic E-state index is -0.536. The van der Waals surface area contributed by atoms with Crippen molar-refractivity contribution in [2.24, 2.45) is 0 Å². The molecule has 0 bridgehead atoms. The number of benzene rings is 3. The molecule has 8 heteroatoms. The summed E-state index contributed by atoms with van der Waals surface area (Å²) < 4.78 is 2.09. The van der Waals surface area contributed by atoms with Crippen molar-refractivity contribution in [1.29, 1.82) is 0 Å². The first-order valence-electron chi connectivity index (χ1n) is 12.1. The highest BCUT2D eigenvalue weighted by Gasteiger charge is 2.37. The van der Waals surface area contributed by atoms with Gasteiger partial charge in [-0.05, 0) is 49.7 Å². The minimum Gasteiger partial charge on any atom is -0.327 e. The van der Waals surface area contributed by atoms with E-state index in [0.29, 0.717) is 0 Å². The molecule has 0 radical (unpaired) electrons. The molecule has 0 N–H and O–H groups in total. The fourth-order valence-corrected chi connectivity index (χ4v) is 4.84. The number of hydrogen-bond acceptors (Lipinski definition) is 4. The maximum Gasteiger partial charge on any atom is 0.270 e. The molecule has 0 spiro atoms. The van der Waals surface area contributed by atoms with E-state index in [4.69, 9.17) is 0 Å². The molecule has 1 unspecified atom stereocenters. The second kappa shape index (κ2) is 9.73. The molecule has 186 valence electrons. The number of para-hydroxylation sites is 2. The van der Waals surface area contributed by atoms with Crippen LogP contribution in [0.5, 0.6) is 0 Å². The van der Waals surface area contributed by atoms with E-state index in [2.05, 4.69) is 4.57 Å². The standard InChI is InChI=1S/C29H26N4O4/c1-20(2)31(29(35)22-12-8-13-23(18-22)33(36)37)19-27(34)32-25-15-7-6-14-24(25)30-17-9-16-26(30)28(32)21-10-4-3-5-11-21/h3-18,20,28H,19H2,1-2H3. The van der Waals surface area contributed by atoms with Crippen LogP contribution in [0, 0.1) is 10.1 Å². The predicted octanol–water partition coefficient (Wildman–Crippen LogP) is 5.37. The summed E-state index contributed by atoms with van der Waals surface area (Å²) in [5, 5.41) is 11.2. The first kappa shape index (κ1) is 24.0. The van der Waals surface area contributed by atoms with E-state index in [9.17, 15) is 19.7 Å². The van der Waals surface area contributed by atoms with Gasteiger partial charge in [0.15, 0.2) is 0 Å². The van der Waals surface area contributed by atoms with Crippen molar-refractivity contribution in [1.82, 2.24) is 9.47 Å². The summed E-state index contributed by atoms with van der Waals surface area (Å²) in [6.07, 6.45) is 1.98. The van der Waals surface area contributed by atoms with Crippen molar-refractivity contribution in [3.05, 3.63) is 124 Å². The quantitative estimate of drug-likeness (QED) is 0.266. The molecule has 0 saturated carbocycles. The number of nitro benzene ring substituents is 1. The molecule has 37 heavy (non-hydrogen) atoms. The zero-order chi connectivity index (χ0) is 26.1. The summed E-state index contributed by atoms with van der Waals surface area (Å²) in [6, 6.07) is 26.4. The Bertz CT molecular complexity index is 1480. The summed E-state index contributed by atoms with van der Waals surface area (Å²) in [5.41, 5.74) is 3.52. The molecule has 4 aromatic rings. The van der Waals surface area contributed by atoms with Gasteiger partial charge in [0.2, 0.25) is 5.91 Å².